The molecule has 2 aliphatic heterocycles. The van der Waals surface area contributed by atoms with Gasteiger partial charge in [0.15, 0.2) is 0 Å². The number of anilines is 1. The summed E-state index contributed by atoms with van der Waals surface area (Å²) in [5.41, 5.74) is 6.59. The maximum Gasteiger partial charge on any atom is 0.419 e. The molecule has 1 saturated carbocycles. The minimum absolute atomic E-state index is 0.0946. The van der Waals surface area contributed by atoms with Crippen LogP contribution in [0.25, 0.3) is 11.3 Å². The number of rotatable bonds is 3. The SMILES string of the molecule is Nc1ncc(-c2cc3n(n2)CCC32CN(C(=O)NC3(c4ccncc4)CCC3)C2)cc1C(F)(F)F. The van der Waals surface area contributed by atoms with Gasteiger partial charge < -0.3 is 16.0 Å². The topological polar surface area (TPSA) is 102 Å². The Labute approximate surface area is 199 Å². The van der Waals surface area contributed by atoms with Crippen molar-refractivity contribution in [3.05, 3.63) is 59.7 Å². The van der Waals surface area contributed by atoms with Crippen molar-refractivity contribution in [1.29, 1.82) is 0 Å². The van der Waals surface area contributed by atoms with Gasteiger partial charge in [0.1, 0.15) is 5.82 Å². The number of alkyl halides is 3. The number of pyridine rings is 2. The average molecular weight is 483 g/mol. The lowest BCUT2D eigenvalue weighted by Crippen LogP contribution is -2.65. The molecule has 8 nitrogen and oxygen atoms in total. The summed E-state index contributed by atoms with van der Waals surface area (Å²) in [6.07, 6.45) is 3.89. The van der Waals surface area contributed by atoms with E-state index in [0.29, 0.717) is 25.3 Å². The monoisotopic (exact) mass is 483 g/mol. The van der Waals surface area contributed by atoms with Gasteiger partial charge in [-0.05, 0) is 55.5 Å². The predicted molar refractivity (Wildman–Crippen MR) is 121 cm³/mol. The molecule has 35 heavy (non-hydrogen) atoms. The highest BCUT2D eigenvalue weighted by Crippen LogP contribution is 2.46. The Balaban J connectivity index is 1.19. The zero-order valence-corrected chi connectivity index (χ0v) is 18.8. The fourth-order valence-electron chi connectivity index (χ4n) is 5.56. The summed E-state index contributed by atoms with van der Waals surface area (Å²) >= 11 is 0. The molecular weight excluding hydrogens is 459 g/mol. The molecule has 5 heterocycles. The number of likely N-dealkylation sites (tertiary alicyclic amines) is 1. The quantitative estimate of drug-likeness (QED) is 0.592. The molecule has 3 aliphatic rings. The van der Waals surface area contributed by atoms with E-state index in [-0.39, 0.29) is 22.5 Å². The Kier molecular flexibility index (Phi) is 4.64. The lowest BCUT2D eigenvalue weighted by molar-refractivity contribution is -0.137. The largest absolute Gasteiger partial charge is 0.419 e. The number of nitrogens with two attached hydrogens (primary N) is 1. The first kappa shape index (κ1) is 21.9. The highest BCUT2D eigenvalue weighted by Gasteiger charge is 2.52. The molecule has 0 atom stereocenters. The molecule has 2 fully saturated rings. The van der Waals surface area contributed by atoms with Gasteiger partial charge in [0.2, 0.25) is 0 Å². The van der Waals surface area contributed by atoms with Gasteiger partial charge >= 0.3 is 12.2 Å². The van der Waals surface area contributed by atoms with Crippen molar-refractivity contribution in [3.63, 3.8) is 0 Å². The van der Waals surface area contributed by atoms with E-state index in [1.807, 2.05) is 22.9 Å². The van der Waals surface area contributed by atoms with Crippen LogP contribution < -0.4 is 11.1 Å². The van der Waals surface area contributed by atoms with E-state index in [4.69, 9.17) is 5.73 Å². The number of aryl methyl sites for hydroxylation is 1. The molecule has 3 aromatic heterocycles. The molecule has 0 aromatic carbocycles. The van der Waals surface area contributed by atoms with Crippen LogP contribution in [-0.4, -0.2) is 43.8 Å². The van der Waals surface area contributed by atoms with E-state index < -0.39 is 17.6 Å². The first-order valence-corrected chi connectivity index (χ1v) is 11.6. The number of aromatic nitrogens is 4. The van der Waals surface area contributed by atoms with Crippen molar-refractivity contribution in [2.45, 2.75) is 49.4 Å². The number of amides is 2. The maximum atomic E-state index is 13.3. The van der Waals surface area contributed by atoms with Crippen LogP contribution in [0, 0.1) is 0 Å². The summed E-state index contributed by atoms with van der Waals surface area (Å²) in [6.45, 7) is 1.74. The van der Waals surface area contributed by atoms with Crippen molar-refractivity contribution in [3.8, 4) is 11.3 Å². The smallest absolute Gasteiger partial charge is 0.383 e. The van der Waals surface area contributed by atoms with E-state index in [9.17, 15) is 18.0 Å². The van der Waals surface area contributed by atoms with Crippen molar-refractivity contribution >= 4 is 11.8 Å². The summed E-state index contributed by atoms with van der Waals surface area (Å²) in [5, 5.41) is 7.77. The fraction of sp³-hybridized carbons (Fsp3) is 0.417. The molecule has 2 amide bonds. The first-order valence-electron chi connectivity index (χ1n) is 11.6. The number of hydrogen-bond acceptors (Lipinski definition) is 5. The zero-order chi connectivity index (χ0) is 24.4. The molecule has 0 unspecified atom stereocenters. The third kappa shape index (κ3) is 3.43. The summed E-state index contributed by atoms with van der Waals surface area (Å²) in [7, 11) is 0. The van der Waals surface area contributed by atoms with Gasteiger partial charge in [-0.1, -0.05) is 0 Å². The van der Waals surface area contributed by atoms with E-state index in [2.05, 4.69) is 20.4 Å². The average Bonchev–Trinajstić information content (AvgIpc) is 3.35. The second kappa shape index (κ2) is 7.43. The predicted octanol–water partition coefficient (Wildman–Crippen LogP) is 3.69. The highest BCUT2D eigenvalue weighted by molar-refractivity contribution is 5.77. The van der Waals surface area contributed by atoms with Crippen LogP contribution in [0.15, 0.2) is 42.9 Å². The molecule has 0 bridgehead atoms. The Morgan fingerprint density at radius 2 is 1.86 bits per heavy atom. The third-order valence-electron chi connectivity index (χ3n) is 7.71. The summed E-state index contributed by atoms with van der Waals surface area (Å²) in [4.78, 5) is 22.7. The number of hydrogen-bond donors (Lipinski definition) is 2. The maximum absolute atomic E-state index is 13.3. The lowest BCUT2D eigenvalue weighted by atomic mass is 9.72. The number of urea groups is 1. The van der Waals surface area contributed by atoms with Gasteiger partial charge in [-0.25, -0.2) is 9.78 Å². The molecular formula is C24H24F3N7O. The Morgan fingerprint density at radius 1 is 1.11 bits per heavy atom. The van der Waals surface area contributed by atoms with E-state index in [1.54, 1.807) is 17.3 Å². The van der Waals surface area contributed by atoms with Gasteiger partial charge in [0, 0.05) is 54.9 Å². The number of fused-ring (bicyclic) bond motifs is 2. The number of carbonyl (C=O) groups is 1. The van der Waals surface area contributed by atoms with Gasteiger partial charge in [0.05, 0.1) is 16.8 Å². The summed E-state index contributed by atoms with van der Waals surface area (Å²) < 4.78 is 41.7. The van der Waals surface area contributed by atoms with Crippen LogP contribution in [-0.2, 0) is 23.7 Å². The fourth-order valence-corrected chi connectivity index (χ4v) is 5.56. The lowest BCUT2D eigenvalue weighted by Gasteiger charge is -2.50. The number of nitrogens with one attached hydrogen (secondary N) is 1. The molecule has 6 rings (SSSR count). The van der Waals surface area contributed by atoms with E-state index >= 15 is 0 Å². The third-order valence-corrected chi connectivity index (χ3v) is 7.71. The zero-order valence-electron chi connectivity index (χ0n) is 18.8. The Morgan fingerprint density at radius 3 is 2.51 bits per heavy atom. The summed E-state index contributed by atoms with van der Waals surface area (Å²) in [6, 6.07) is 6.61. The van der Waals surface area contributed by atoms with Crippen LogP contribution in [0.3, 0.4) is 0 Å². The highest BCUT2D eigenvalue weighted by atomic mass is 19.4. The van der Waals surface area contributed by atoms with Crippen molar-refractivity contribution in [2.24, 2.45) is 0 Å². The van der Waals surface area contributed by atoms with Crippen LogP contribution in [0.1, 0.15) is 42.5 Å². The minimum Gasteiger partial charge on any atom is -0.383 e. The molecule has 1 spiro atoms. The molecule has 0 radical (unpaired) electrons. The molecule has 3 aromatic rings. The van der Waals surface area contributed by atoms with E-state index in [1.165, 1.54) is 6.20 Å². The molecule has 1 saturated heterocycles. The van der Waals surface area contributed by atoms with Crippen molar-refractivity contribution < 1.29 is 18.0 Å². The van der Waals surface area contributed by atoms with Crippen molar-refractivity contribution in [2.75, 3.05) is 18.8 Å². The molecule has 182 valence electrons. The Bertz CT molecular complexity index is 1290. The number of halogens is 3. The van der Waals surface area contributed by atoms with Gasteiger partial charge in [-0.3, -0.25) is 9.67 Å². The number of carbonyl (C=O) groups excluding carboxylic acids is 1. The standard InChI is InChI=1S/C24H24F3N7O/c25-24(26,27)17-10-15(12-30-20(17)28)18-11-19-22(6-9-34(19)32-18)13-33(14-22)21(35)31-23(4-1-5-23)16-2-7-29-8-3-16/h2-3,7-8,10-12H,1,4-6,9,13-14H2,(H2,28,30)(H,31,35). The van der Waals surface area contributed by atoms with Crippen LogP contribution in [0.5, 0.6) is 0 Å². The molecule has 3 N–H and O–H groups in total. The normalized spacial score (nSPS) is 19.7. The number of nitrogen functional groups attached to an aromatic ring is 1. The van der Waals surface area contributed by atoms with Crippen LogP contribution in [0.2, 0.25) is 0 Å². The van der Waals surface area contributed by atoms with Crippen LogP contribution >= 0.6 is 0 Å². The first-order chi connectivity index (χ1) is 16.7. The van der Waals surface area contributed by atoms with Crippen molar-refractivity contribution in [1.82, 2.24) is 30.0 Å². The molecule has 11 heteroatoms. The Hall–Kier alpha value is -3.63. The second-order valence-corrected chi connectivity index (χ2v) is 9.78. The van der Waals surface area contributed by atoms with Gasteiger partial charge in [-0.15, -0.1) is 0 Å². The van der Waals surface area contributed by atoms with Gasteiger partial charge in [-0.2, -0.15) is 18.3 Å². The molecule has 1 aliphatic carbocycles. The van der Waals surface area contributed by atoms with E-state index in [0.717, 1.165) is 43.0 Å². The number of nitrogens with zero attached hydrogens (tertiary/aromatic N) is 5. The van der Waals surface area contributed by atoms with Gasteiger partial charge in [0.25, 0.3) is 0 Å². The minimum atomic E-state index is -4.59. The second-order valence-electron chi connectivity index (χ2n) is 9.78. The van der Waals surface area contributed by atoms with Crippen LogP contribution in [0.4, 0.5) is 23.8 Å². The summed E-state index contributed by atoms with van der Waals surface area (Å²) in [5.74, 6) is -0.555.